The Balaban J connectivity index is 1.85. The van der Waals surface area contributed by atoms with Gasteiger partial charge in [-0.1, -0.05) is 46.2 Å². The molecule has 1 aliphatic heterocycles. The van der Waals surface area contributed by atoms with Crippen LogP contribution in [0.1, 0.15) is 73.1 Å². The van der Waals surface area contributed by atoms with Crippen molar-refractivity contribution >= 4 is 39.2 Å². The van der Waals surface area contributed by atoms with Gasteiger partial charge in [0.1, 0.15) is 5.60 Å². The molecule has 0 spiro atoms. The third kappa shape index (κ3) is 9.09. The van der Waals surface area contributed by atoms with Gasteiger partial charge < -0.3 is 21.1 Å². The molecule has 1 atom stereocenters. The van der Waals surface area contributed by atoms with Gasteiger partial charge in [0.25, 0.3) is 5.91 Å². The number of hydrogen-bond acceptors (Lipinski definition) is 6. The van der Waals surface area contributed by atoms with E-state index in [4.69, 9.17) is 22.1 Å². The van der Waals surface area contributed by atoms with Crippen molar-refractivity contribution in [1.82, 2.24) is 15.5 Å². The normalized spacial score (nSPS) is 16.9. The Kier molecular flexibility index (Phi) is 10.8. The van der Waals surface area contributed by atoms with Crippen molar-refractivity contribution in [3.05, 3.63) is 57.1 Å². The summed E-state index contributed by atoms with van der Waals surface area (Å²) in [5.41, 5.74) is 5.04. The van der Waals surface area contributed by atoms with E-state index in [2.05, 4.69) is 10.6 Å². The number of carbonyl (C=O) groups excluding carboxylic acids is 2. The maximum absolute atomic E-state index is 14.3. The minimum Gasteiger partial charge on any atom is -0.444 e. The van der Waals surface area contributed by atoms with E-state index >= 15 is 0 Å². The highest BCUT2D eigenvalue weighted by Crippen LogP contribution is 2.40. The van der Waals surface area contributed by atoms with Gasteiger partial charge in [0.2, 0.25) is 0 Å². The summed E-state index contributed by atoms with van der Waals surface area (Å²) in [6.07, 6.45) is -2.47. The van der Waals surface area contributed by atoms with Gasteiger partial charge in [-0.25, -0.2) is 4.79 Å². The highest BCUT2D eigenvalue weighted by molar-refractivity contribution is 8.02. The van der Waals surface area contributed by atoms with Crippen molar-refractivity contribution in [3.63, 3.8) is 0 Å². The number of nitrogens with one attached hydrogen (secondary N) is 2. The fourth-order valence-electron chi connectivity index (χ4n) is 5.08. The lowest BCUT2D eigenvalue weighted by molar-refractivity contribution is -0.138. The van der Waals surface area contributed by atoms with Crippen LogP contribution in [0.25, 0.3) is 0 Å². The van der Waals surface area contributed by atoms with E-state index in [1.807, 2.05) is 19.9 Å². The molecular weight excluding hydrogens is 605 g/mol. The molecule has 0 radical (unpaired) electrons. The predicted molar refractivity (Wildman–Crippen MR) is 165 cm³/mol. The molecule has 1 heterocycles. The first-order valence-corrected chi connectivity index (χ1v) is 16.9. The molecule has 0 aliphatic carbocycles. The van der Waals surface area contributed by atoms with E-state index < -0.39 is 44.8 Å². The zero-order valence-corrected chi connectivity index (χ0v) is 27.1. The molecule has 2 aromatic carbocycles. The van der Waals surface area contributed by atoms with Gasteiger partial charge in [0.15, 0.2) is 0 Å². The second-order valence-electron chi connectivity index (χ2n) is 12.1. The minimum absolute atomic E-state index is 0.0480. The van der Waals surface area contributed by atoms with Crippen molar-refractivity contribution in [3.8, 4) is 0 Å². The molecule has 2 amide bonds. The van der Waals surface area contributed by atoms with Crippen LogP contribution in [0.5, 0.6) is 0 Å². The number of rotatable bonds is 8. The van der Waals surface area contributed by atoms with E-state index in [0.717, 1.165) is 11.6 Å². The summed E-state index contributed by atoms with van der Waals surface area (Å²) >= 11 is 6.45. The molecule has 0 unspecified atom stereocenters. The number of likely N-dealkylation sites (tertiary alicyclic amines) is 1. The number of alkyl carbamates (subject to hydrolysis) is 1. The van der Waals surface area contributed by atoms with E-state index in [1.165, 1.54) is 0 Å². The van der Waals surface area contributed by atoms with Crippen LogP contribution >= 0.6 is 11.6 Å². The van der Waals surface area contributed by atoms with Crippen LogP contribution in [0, 0.1) is 6.92 Å². The fourth-order valence-corrected chi connectivity index (χ4v) is 6.82. The summed E-state index contributed by atoms with van der Waals surface area (Å²) in [5.74, 6) is -0.406. The molecule has 0 saturated carbocycles. The smallest absolute Gasteiger partial charge is 0.416 e. The van der Waals surface area contributed by atoms with E-state index in [1.54, 1.807) is 44.1 Å². The van der Waals surface area contributed by atoms with Gasteiger partial charge in [0.05, 0.1) is 21.8 Å². The number of amides is 2. The molecule has 1 saturated heterocycles. The molecule has 3 rings (SSSR count). The first-order chi connectivity index (χ1) is 19.8. The SMILES string of the molecule is CC[SH](C)(=O)c1ccc(C)cc1CNC(=O)c1cc(C(F)(F)F)c(CN2CCC[C@@H](NC(=O)OC(C)(C)C)C2)c(Cl)c1N. The maximum atomic E-state index is 14.3. The standard InChI is InChI=1S/C30H42ClF3N4O4S/c1-7-43(6,41)24-11-10-18(2)13-19(24)15-36-27(39)21-14-23(30(32,33)34)22(25(31)26(21)35)17-38-12-8-9-20(16-38)37-28(40)42-29(3,4)5/h10-11,13-14,20,43H,7-9,12,15-17,35H2,1-6H3,(H,36,39)(H,37,40)/t20-/m1/s1. The number of benzene rings is 2. The van der Waals surface area contributed by atoms with Gasteiger partial charge in [-0.15, -0.1) is 0 Å². The molecule has 1 fully saturated rings. The van der Waals surface area contributed by atoms with Crippen LogP contribution in [0.15, 0.2) is 29.2 Å². The number of hydrogen-bond donors (Lipinski definition) is 4. The number of anilines is 1. The first-order valence-electron chi connectivity index (χ1n) is 14.2. The summed E-state index contributed by atoms with van der Waals surface area (Å²) in [6, 6.07) is 5.80. The highest BCUT2D eigenvalue weighted by Gasteiger charge is 2.37. The van der Waals surface area contributed by atoms with Crippen LogP contribution in [-0.4, -0.2) is 57.9 Å². The number of halogens is 4. The molecule has 13 heteroatoms. The molecule has 0 bridgehead atoms. The molecule has 2 aromatic rings. The second-order valence-corrected chi connectivity index (χ2v) is 15.8. The van der Waals surface area contributed by atoms with Crippen molar-refractivity contribution < 1.29 is 31.7 Å². The lowest BCUT2D eigenvalue weighted by atomic mass is 9.98. The largest absolute Gasteiger partial charge is 0.444 e. The summed E-state index contributed by atoms with van der Waals surface area (Å²) in [4.78, 5) is 27.8. The molecule has 43 heavy (non-hydrogen) atoms. The Morgan fingerprint density at radius 1 is 1.21 bits per heavy atom. The Morgan fingerprint density at radius 2 is 1.88 bits per heavy atom. The number of nitrogen functional groups attached to an aromatic ring is 1. The molecule has 4 N–H and O–H groups in total. The number of thiol groups is 1. The Hall–Kier alpha value is -2.83. The van der Waals surface area contributed by atoms with Gasteiger partial charge in [0, 0.05) is 36.3 Å². The molecule has 0 aromatic heterocycles. The third-order valence-electron chi connectivity index (χ3n) is 7.35. The van der Waals surface area contributed by atoms with Crippen LogP contribution in [-0.2, 0) is 33.9 Å². The van der Waals surface area contributed by atoms with E-state index in [0.29, 0.717) is 35.6 Å². The van der Waals surface area contributed by atoms with E-state index in [-0.39, 0.29) is 41.9 Å². The van der Waals surface area contributed by atoms with Gasteiger partial charge in [-0.05, 0) is 76.6 Å². The summed E-state index contributed by atoms with van der Waals surface area (Å²) in [5, 5.41) is 5.07. The maximum Gasteiger partial charge on any atom is 0.416 e. The molecule has 1 aliphatic rings. The van der Waals surface area contributed by atoms with Crippen molar-refractivity contribution in [2.75, 3.05) is 30.8 Å². The van der Waals surface area contributed by atoms with Gasteiger partial charge >= 0.3 is 12.3 Å². The number of piperidine rings is 1. The second kappa shape index (κ2) is 13.4. The van der Waals surface area contributed by atoms with Crippen LogP contribution in [0.3, 0.4) is 0 Å². The highest BCUT2D eigenvalue weighted by atomic mass is 35.5. The van der Waals surface area contributed by atoms with Crippen LogP contribution in [0.2, 0.25) is 5.02 Å². The van der Waals surface area contributed by atoms with Crippen molar-refractivity contribution in [2.24, 2.45) is 0 Å². The zero-order chi connectivity index (χ0) is 32.3. The summed E-state index contributed by atoms with van der Waals surface area (Å²) < 4.78 is 61.4. The average Bonchev–Trinajstić information content (AvgIpc) is 2.88. The number of carbonyl (C=O) groups is 2. The van der Waals surface area contributed by atoms with Crippen molar-refractivity contribution in [1.29, 1.82) is 0 Å². The van der Waals surface area contributed by atoms with Crippen molar-refractivity contribution in [2.45, 2.75) is 83.3 Å². The molecular formula is C30H42ClF3N4O4S. The Bertz CT molecular complexity index is 1410. The lowest BCUT2D eigenvalue weighted by Gasteiger charge is -2.34. The van der Waals surface area contributed by atoms with Crippen LogP contribution in [0.4, 0.5) is 23.7 Å². The third-order valence-corrected chi connectivity index (χ3v) is 10.4. The van der Waals surface area contributed by atoms with Gasteiger partial charge in [-0.3, -0.25) is 13.9 Å². The number of nitrogens with zero attached hydrogens (tertiary/aromatic N) is 1. The average molecular weight is 647 g/mol. The predicted octanol–water partition coefficient (Wildman–Crippen LogP) is 5.69. The summed E-state index contributed by atoms with van der Waals surface area (Å²) in [6.45, 7) is 9.43. The lowest BCUT2D eigenvalue weighted by Crippen LogP contribution is -2.48. The number of aryl methyl sites for hydroxylation is 1. The molecule has 240 valence electrons. The van der Waals surface area contributed by atoms with Crippen LogP contribution < -0.4 is 16.4 Å². The number of ether oxygens (including phenoxy) is 1. The summed E-state index contributed by atoms with van der Waals surface area (Å²) in [7, 11) is -2.69. The molecule has 8 nitrogen and oxygen atoms in total. The fraction of sp³-hybridized carbons (Fsp3) is 0.533. The topological polar surface area (TPSA) is 114 Å². The first kappa shape index (κ1) is 34.7. The quantitative estimate of drug-likeness (QED) is 0.216. The van der Waals surface area contributed by atoms with Gasteiger partial charge in [-0.2, -0.15) is 13.2 Å². The Labute approximate surface area is 257 Å². The number of alkyl halides is 3. The van der Waals surface area contributed by atoms with E-state index in [9.17, 15) is 27.0 Å². The minimum atomic E-state index is -4.81. The number of nitrogens with two attached hydrogens (primary N) is 1. The zero-order valence-electron chi connectivity index (χ0n) is 25.5. The Morgan fingerprint density at radius 3 is 2.49 bits per heavy atom. The monoisotopic (exact) mass is 646 g/mol.